The van der Waals surface area contributed by atoms with E-state index in [-0.39, 0.29) is 5.71 Å². The Labute approximate surface area is 123 Å². The number of benzene rings is 2. The number of oxime groups is 1. The fourth-order valence-electron chi connectivity index (χ4n) is 2.05. The van der Waals surface area contributed by atoms with Crippen molar-refractivity contribution >= 4 is 5.71 Å². The van der Waals surface area contributed by atoms with Crippen LogP contribution in [0.4, 0.5) is 0 Å². The summed E-state index contributed by atoms with van der Waals surface area (Å²) >= 11 is 0. The molecule has 4 nitrogen and oxygen atoms in total. The van der Waals surface area contributed by atoms with Crippen LogP contribution in [0.5, 0.6) is 5.75 Å². The second-order valence-electron chi connectivity index (χ2n) is 4.70. The first kappa shape index (κ1) is 14.6. The molecule has 0 atom stereocenters. The molecule has 0 aromatic heterocycles. The average Bonchev–Trinajstić information content (AvgIpc) is 2.51. The van der Waals surface area contributed by atoms with E-state index in [1.165, 1.54) is 0 Å². The molecule has 2 aromatic carbocycles. The highest BCUT2D eigenvalue weighted by Gasteiger charge is 2.10. The zero-order valence-electron chi connectivity index (χ0n) is 12.0. The van der Waals surface area contributed by atoms with Gasteiger partial charge in [0.25, 0.3) is 0 Å². The Kier molecular flexibility index (Phi) is 4.57. The number of hydrogen-bond donors (Lipinski definition) is 1. The minimum atomic E-state index is -0.0184. The smallest absolute Gasteiger partial charge is 0.187 e. The van der Waals surface area contributed by atoms with Crippen molar-refractivity contribution in [1.29, 1.82) is 5.26 Å². The Morgan fingerprint density at radius 3 is 2.67 bits per heavy atom. The molecular weight excluding hydrogens is 264 g/mol. The molecule has 0 fully saturated rings. The van der Waals surface area contributed by atoms with Gasteiger partial charge in [-0.3, -0.25) is 0 Å². The van der Waals surface area contributed by atoms with Crippen molar-refractivity contribution in [3.63, 3.8) is 0 Å². The summed E-state index contributed by atoms with van der Waals surface area (Å²) in [6.07, 6.45) is 0. The number of ether oxygens (including phenoxy) is 1. The monoisotopic (exact) mass is 280 g/mol. The van der Waals surface area contributed by atoms with Gasteiger partial charge in [-0.15, -0.1) is 0 Å². The van der Waals surface area contributed by atoms with Crippen LogP contribution in [0.25, 0.3) is 0 Å². The third-order valence-corrected chi connectivity index (χ3v) is 3.42. The second kappa shape index (κ2) is 6.58. The first-order chi connectivity index (χ1) is 10.2. The lowest BCUT2D eigenvalue weighted by atomic mass is 10.0. The fraction of sp³-hybridized carbons (Fsp3) is 0.176. The highest BCUT2D eigenvalue weighted by atomic mass is 16.5. The van der Waals surface area contributed by atoms with Crippen LogP contribution in [0.15, 0.2) is 47.6 Å². The highest BCUT2D eigenvalue weighted by Crippen LogP contribution is 2.22. The van der Waals surface area contributed by atoms with Crippen LogP contribution in [0.3, 0.4) is 0 Å². The number of nitriles is 1. The third-order valence-electron chi connectivity index (χ3n) is 3.42. The second-order valence-corrected chi connectivity index (χ2v) is 4.70. The van der Waals surface area contributed by atoms with E-state index in [0.717, 1.165) is 22.4 Å². The summed E-state index contributed by atoms with van der Waals surface area (Å²) in [6, 6.07) is 15.0. The van der Waals surface area contributed by atoms with E-state index >= 15 is 0 Å². The van der Waals surface area contributed by atoms with Gasteiger partial charge in [-0.2, -0.15) is 5.26 Å². The Balaban J connectivity index is 2.25. The van der Waals surface area contributed by atoms with E-state index in [1.54, 1.807) is 12.1 Å². The Bertz CT molecular complexity index is 715. The maximum Gasteiger partial charge on any atom is 0.187 e. The summed E-state index contributed by atoms with van der Waals surface area (Å²) in [4.78, 5) is 0. The van der Waals surface area contributed by atoms with Gasteiger partial charge in [0.15, 0.2) is 5.71 Å². The van der Waals surface area contributed by atoms with Crippen molar-refractivity contribution in [1.82, 2.24) is 0 Å². The molecule has 0 aliphatic carbocycles. The molecule has 21 heavy (non-hydrogen) atoms. The molecule has 0 saturated carbocycles. The van der Waals surface area contributed by atoms with Crippen LogP contribution >= 0.6 is 0 Å². The van der Waals surface area contributed by atoms with Crippen LogP contribution in [0, 0.1) is 25.2 Å². The van der Waals surface area contributed by atoms with Gasteiger partial charge >= 0.3 is 0 Å². The standard InChI is InChI=1S/C17H16N2O2/c1-12-6-5-9-17(13(12)2)21-11-14-7-3-4-8-15(14)16(10-18)19-20/h3-9,20H,11H2,1-2H3/b19-16-. The van der Waals surface area contributed by atoms with Crippen molar-refractivity contribution in [3.05, 3.63) is 64.7 Å². The molecule has 0 radical (unpaired) electrons. The van der Waals surface area contributed by atoms with Crippen LogP contribution in [0.2, 0.25) is 0 Å². The minimum absolute atomic E-state index is 0.0184. The SMILES string of the molecule is Cc1cccc(OCc2ccccc2/C(C#N)=N\O)c1C. The van der Waals surface area contributed by atoms with Crippen LogP contribution in [-0.2, 0) is 6.61 Å². The zero-order valence-corrected chi connectivity index (χ0v) is 12.0. The molecule has 0 unspecified atom stereocenters. The quantitative estimate of drug-likeness (QED) is 0.529. The Hall–Kier alpha value is -2.80. The van der Waals surface area contributed by atoms with Crippen LogP contribution < -0.4 is 4.74 Å². The molecule has 0 aliphatic heterocycles. The summed E-state index contributed by atoms with van der Waals surface area (Å²) in [7, 11) is 0. The van der Waals surface area contributed by atoms with Gasteiger partial charge in [-0.25, -0.2) is 0 Å². The summed E-state index contributed by atoms with van der Waals surface area (Å²) in [6.45, 7) is 4.34. The molecule has 0 bridgehead atoms. The van der Waals surface area contributed by atoms with Crippen molar-refractivity contribution in [3.8, 4) is 11.8 Å². The molecule has 0 saturated heterocycles. The van der Waals surface area contributed by atoms with Crippen molar-refractivity contribution in [2.24, 2.45) is 5.16 Å². The van der Waals surface area contributed by atoms with E-state index in [4.69, 9.17) is 15.2 Å². The van der Waals surface area contributed by atoms with Crippen molar-refractivity contribution in [2.45, 2.75) is 20.5 Å². The summed E-state index contributed by atoms with van der Waals surface area (Å²) < 4.78 is 5.84. The molecule has 2 rings (SSSR count). The lowest BCUT2D eigenvalue weighted by Gasteiger charge is -2.12. The van der Waals surface area contributed by atoms with Crippen molar-refractivity contribution < 1.29 is 9.94 Å². The number of hydrogen-bond acceptors (Lipinski definition) is 4. The zero-order chi connectivity index (χ0) is 15.2. The van der Waals surface area contributed by atoms with E-state index in [1.807, 2.05) is 50.2 Å². The van der Waals surface area contributed by atoms with Gasteiger partial charge in [0.05, 0.1) is 0 Å². The van der Waals surface area contributed by atoms with Crippen LogP contribution in [0.1, 0.15) is 22.3 Å². The average molecular weight is 280 g/mol. The maximum atomic E-state index is 8.99. The van der Waals surface area contributed by atoms with E-state index in [0.29, 0.717) is 12.2 Å². The summed E-state index contributed by atoms with van der Waals surface area (Å²) in [5.74, 6) is 0.809. The van der Waals surface area contributed by atoms with Gasteiger partial charge in [0, 0.05) is 5.56 Å². The molecule has 0 amide bonds. The predicted octanol–water partition coefficient (Wildman–Crippen LogP) is 3.58. The molecule has 0 spiro atoms. The normalized spacial score (nSPS) is 11.0. The molecule has 106 valence electrons. The van der Waals surface area contributed by atoms with E-state index in [2.05, 4.69) is 5.16 Å². The Morgan fingerprint density at radius 2 is 1.95 bits per heavy atom. The molecule has 1 N–H and O–H groups in total. The Morgan fingerprint density at radius 1 is 1.19 bits per heavy atom. The number of nitrogens with zero attached hydrogens (tertiary/aromatic N) is 2. The minimum Gasteiger partial charge on any atom is -0.489 e. The summed E-state index contributed by atoms with van der Waals surface area (Å²) in [5, 5.41) is 20.9. The van der Waals surface area contributed by atoms with E-state index in [9.17, 15) is 0 Å². The van der Waals surface area contributed by atoms with Gasteiger partial charge in [0.1, 0.15) is 18.4 Å². The molecule has 2 aromatic rings. The lowest BCUT2D eigenvalue weighted by molar-refractivity contribution is 0.303. The van der Waals surface area contributed by atoms with Gasteiger partial charge in [-0.05, 0) is 36.6 Å². The van der Waals surface area contributed by atoms with Gasteiger partial charge < -0.3 is 9.94 Å². The van der Waals surface area contributed by atoms with Gasteiger partial charge in [0.2, 0.25) is 0 Å². The molecule has 0 heterocycles. The third kappa shape index (κ3) is 3.21. The molecule has 4 heteroatoms. The van der Waals surface area contributed by atoms with E-state index < -0.39 is 0 Å². The van der Waals surface area contributed by atoms with Gasteiger partial charge in [-0.1, -0.05) is 41.6 Å². The predicted molar refractivity (Wildman–Crippen MR) is 80.6 cm³/mol. The van der Waals surface area contributed by atoms with Crippen molar-refractivity contribution in [2.75, 3.05) is 0 Å². The first-order valence-electron chi connectivity index (χ1n) is 6.56. The maximum absolute atomic E-state index is 8.99. The molecular formula is C17H16N2O2. The summed E-state index contributed by atoms with van der Waals surface area (Å²) in [5.41, 5.74) is 3.61. The van der Waals surface area contributed by atoms with Crippen LogP contribution in [-0.4, -0.2) is 10.9 Å². The number of rotatable bonds is 4. The first-order valence-corrected chi connectivity index (χ1v) is 6.56. The largest absolute Gasteiger partial charge is 0.489 e. The number of aryl methyl sites for hydroxylation is 1. The fourth-order valence-corrected chi connectivity index (χ4v) is 2.05. The highest BCUT2D eigenvalue weighted by molar-refractivity contribution is 6.12. The molecule has 0 aliphatic rings. The topological polar surface area (TPSA) is 65.6 Å². The lowest BCUT2D eigenvalue weighted by Crippen LogP contribution is -2.06.